The van der Waals surface area contributed by atoms with Crippen LogP contribution < -0.4 is 10.6 Å². The molecule has 2 amide bonds. The Bertz CT molecular complexity index is 430. The van der Waals surface area contributed by atoms with Crippen LogP contribution in [0, 0.1) is 0 Å². The largest absolute Gasteiger partial charge is 0.351 e. The van der Waals surface area contributed by atoms with Gasteiger partial charge in [-0.25, -0.2) is 0 Å². The van der Waals surface area contributed by atoms with Crippen LogP contribution in [0.15, 0.2) is 24.3 Å². The molecule has 0 fully saturated rings. The smallest absolute Gasteiger partial charge is 0.253 e. The molecule has 98 valence electrons. The first kappa shape index (κ1) is 14.2. The highest BCUT2D eigenvalue weighted by Gasteiger charge is 2.11. The highest BCUT2D eigenvalue weighted by molar-refractivity contribution is 5.99. The van der Waals surface area contributed by atoms with Crippen LogP contribution in [0.2, 0.25) is 0 Å². The summed E-state index contributed by atoms with van der Waals surface area (Å²) < 4.78 is 0. The minimum atomic E-state index is -0.168. The fourth-order valence-electron chi connectivity index (χ4n) is 1.45. The monoisotopic (exact) mass is 249 g/mol. The fraction of sp³-hybridized carbons (Fsp3) is 0.385. The molecule has 0 aliphatic heterocycles. The Hall–Kier alpha value is -1.88. The summed E-state index contributed by atoms with van der Waals surface area (Å²) >= 11 is 0. The van der Waals surface area contributed by atoms with E-state index in [2.05, 4.69) is 10.6 Å². The Morgan fingerprint density at radius 3 is 2.44 bits per heavy atom. The van der Waals surface area contributed by atoms with Gasteiger partial charge in [0.15, 0.2) is 0 Å². The van der Waals surface area contributed by atoms with Gasteiger partial charge < -0.3 is 15.5 Å². The topological polar surface area (TPSA) is 61.4 Å². The number of benzene rings is 1. The number of nitrogens with one attached hydrogen (secondary N) is 2. The molecular formula is C13H19N3O2. The molecular weight excluding hydrogens is 230 g/mol. The van der Waals surface area contributed by atoms with Crippen molar-refractivity contribution in [3.63, 3.8) is 0 Å². The summed E-state index contributed by atoms with van der Waals surface area (Å²) in [5.74, 6) is -0.279. The van der Waals surface area contributed by atoms with Crippen LogP contribution in [-0.2, 0) is 0 Å². The predicted octanol–water partition coefficient (Wildman–Crippen LogP) is 0.338. The molecule has 1 aromatic rings. The normalized spacial score (nSPS) is 9.94. The third-order valence-corrected chi connectivity index (χ3v) is 2.44. The molecule has 0 aliphatic carbocycles. The summed E-state index contributed by atoms with van der Waals surface area (Å²) in [5.41, 5.74) is 1.01. The number of hydrogen-bond acceptors (Lipinski definition) is 3. The summed E-state index contributed by atoms with van der Waals surface area (Å²) in [6, 6.07) is 6.72. The van der Waals surface area contributed by atoms with Crippen molar-refractivity contribution in [1.82, 2.24) is 15.5 Å². The van der Waals surface area contributed by atoms with Crippen LogP contribution in [0.4, 0.5) is 0 Å². The molecule has 1 rings (SSSR count). The van der Waals surface area contributed by atoms with Gasteiger partial charge in [0.2, 0.25) is 0 Å². The van der Waals surface area contributed by atoms with E-state index < -0.39 is 0 Å². The Morgan fingerprint density at radius 1 is 1.17 bits per heavy atom. The maximum absolute atomic E-state index is 11.8. The lowest BCUT2D eigenvalue weighted by Gasteiger charge is -2.11. The average molecular weight is 249 g/mol. The van der Waals surface area contributed by atoms with E-state index in [-0.39, 0.29) is 11.8 Å². The highest BCUT2D eigenvalue weighted by Crippen LogP contribution is 2.07. The van der Waals surface area contributed by atoms with Gasteiger partial charge in [-0.1, -0.05) is 6.07 Å². The van der Waals surface area contributed by atoms with Crippen molar-refractivity contribution in [3.05, 3.63) is 35.4 Å². The minimum absolute atomic E-state index is 0.111. The molecule has 0 spiro atoms. The molecule has 0 bridgehead atoms. The molecule has 0 aliphatic rings. The van der Waals surface area contributed by atoms with Crippen LogP contribution in [0.1, 0.15) is 20.7 Å². The maximum Gasteiger partial charge on any atom is 0.253 e. The molecule has 1 aromatic carbocycles. The van der Waals surface area contributed by atoms with Crippen LogP contribution in [0.5, 0.6) is 0 Å². The van der Waals surface area contributed by atoms with Crippen molar-refractivity contribution in [3.8, 4) is 0 Å². The third kappa shape index (κ3) is 3.85. The Labute approximate surface area is 107 Å². The van der Waals surface area contributed by atoms with Crippen molar-refractivity contribution < 1.29 is 9.59 Å². The molecule has 0 saturated heterocycles. The molecule has 5 nitrogen and oxygen atoms in total. The zero-order chi connectivity index (χ0) is 13.5. The molecule has 0 heterocycles. The first-order chi connectivity index (χ1) is 8.56. The van der Waals surface area contributed by atoms with E-state index in [0.29, 0.717) is 24.2 Å². The first-order valence-corrected chi connectivity index (χ1v) is 5.80. The van der Waals surface area contributed by atoms with E-state index in [1.165, 1.54) is 4.90 Å². The average Bonchev–Trinajstić information content (AvgIpc) is 2.38. The molecule has 2 N–H and O–H groups in total. The zero-order valence-electron chi connectivity index (χ0n) is 11.0. The van der Waals surface area contributed by atoms with Crippen LogP contribution in [0.25, 0.3) is 0 Å². The molecule has 0 unspecified atom stereocenters. The van der Waals surface area contributed by atoms with Gasteiger partial charge in [0.05, 0.1) is 0 Å². The summed E-state index contributed by atoms with van der Waals surface area (Å²) in [6.07, 6.45) is 0. The first-order valence-electron chi connectivity index (χ1n) is 5.80. The van der Waals surface area contributed by atoms with E-state index in [0.717, 1.165) is 0 Å². The van der Waals surface area contributed by atoms with Crippen molar-refractivity contribution >= 4 is 11.8 Å². The lowest BCUT2D eigenvalue weighted by atomic mass is 10.1. The van der Waals surface area contributed by atoms with Gasteiger partial charge in [0.25, 0.3) is 11.8 Å². The van der Waals surface area contributed by atoms with Crippen molar-refractivity contribution in [2.75, 3.05) is 34.2 Å². The lowest BCUT2D eigenvalue weighted by Crippen LogP contribution is -2.30. The number of carbonyl (C=O) groups excluding carboxylic acids is 2. The maximum atomic E-state index is 11.8. The Balaban J connectivity index is 2.75. The number of nitrogens with zero attached hydrogens (tertiary/aromatic N) is 1. The molecule has 0 aromatic heterocycles. The van der Waals surface area contributed by atoms with Gasteiger partial charge in [-0.3, -0.25) is 9.59 Å². The van der Waals surface area contributed by atoms with Gasteiger partial charge in [0.1, 0.15) is 0 Å². The Kier molecular flexibility index (Phi) is 5.32. The Morgan fingerprint density at radius 2 is 1.83 bits per heavy atom. The summed E-state index contributed by atoms with van der Waals surface area (Å²) in [4.78, 5) is 25.0. The molecule has 0 atom stereocenters. The standard InChI is InChI=1S/C13H19N3O2/c1-14-7-8-15-12(17)10-5-4-6-11(9-10)13(18)16(2)3/h4-6,9,14H,7-8H2,1-3H3,(H,15,17). The quantitative estimate of drug-likeness (QED) is 0.740. The van der Waals surface area contributed by atoms with Crippen LogP contribution in [0.3, 0.4) is 0 Å². The van der Waals surface area contributed by atoms with Gasteiger partial charge in [-0.05, 0) is 25.2 Å². The third-order valence-electron chi connectivity index (χ3n) is 2.44. The lowest BCUT2D eigenvalue weighted by molar-refractivity contribution is 0.0827. The minimum Gasteiger partial charge on any atom is -0.351 e. The summed E-state index contributed by atoms with van der Waals surface area (Å²) in [7, 11) is 5.19. The van der Waals surface area contributed by atoms with Crippen LogP contribution >= 0.6 is 0 Å². The van der Waals surface area contributed by atoms with Gasteiger partial charge in [-0.15, -0.1) is 0 Å². The van der Waals surface area contributed by atoms with E-state index >= 15 is 0 Å². The highest BCUT2D eigenvalue weighted by atomic mass is 16.2. The second-order valence-corrected chi connectivity index (χ2v) is 4.14. The van der Waals surface area contributed by atoms with Crippen molar-refractivity contribution in [1.29, 1.82) is 0 Å². The van der Waals surface area contributed by atoms with Gasteiger partial charge in [-0.2, -0.15) is 0 Å². The van der Waals surface area contributed by atoms with Gasteiger partial charge in [0, 0.05) is 38.3 Å². The predicted molar refractivity (Wildman–Crippen MR) is 70.7 cm³/mol. The van der Waals surface area contributed by atoms with Crippen molar-refractivity contribution in [2.45, 2.75) is 0 Å². The number of likely N-dealkylation sites (N-methyl/N-ethyl adjacent to an activating group) is 1. The van der Waals surface area contributed by atoms with Crippen molar-refractivity contribution in [2.24, 2.45) is 0 Å². The number of amides is 2. The fourth-order valence-corrected chi connectivity index (χ4v) is 1.45. The summed E-state index contributed by atoms with van der Waals surface area (Å²) in [5, 5.41) is 5.71. The number of carbonyl (C=O) groups is 2. The van der Waals surface area contributed by atoms with Crippen LogP contribution in [-0.4, -0.2) is 50.9 Å². The number of rotatable bonds is 5. The van der Waals surface area contributed by atoms with E-state index in [1.54, 1.807) is 38.4 Å². The molecule has 18 heavy (non-hydrogen) atoms. The molecule has 0 radical (unpaired) electrons. The molecule has 5 heteroatoms. The SMILES string of the molecule is CNCCNC(=O)c1cccc(C(=O)N(C)C)c1. The second kappa shape index (κ2) is 6.76. The van der Waals surface area contributed by atoms with Gasteiger partial charge >= 0.3 is 0 Å². The molecule has 0 saturated carbocycles. The van der Waals surface area contributed by atoms with E-state index in [4.69, 9.17) is 0 Å². The summed E-state index contributed by atoms with van der Waals surface area (Å²) in [6.45, 7) is 1.27. The number of hydrogen-bond donors (Lipinski definition) is 2. The zero-order valence-corrected chi connectivity index (χ0v) is 11.0. The van der Waals surface area contributed by atoms with E-state index in [9.17, 15) is 9.59 Å². The van der Waals surface area contributed by atoms with E-state index in [1.807, 2.05) is 7.05 Å². The second-order valence-electron chi connectivity index (χ2n) is 4.14.